The Morgan fingerprint density at radius 2 is 1.94 bits per heavy atom. The summed E-state index contributed by atoms with van der Waals surface area (Å²) in [4.78, 5) is 0. The SMILES string of the molecule is CC1C2=C(CC(CO)CCC(C)(C)CCC1O)O2. The van der Waals surface area contributed by atoms with Crippen LogP contribution in [0.5, 0.6) is 0 Å². The molecule has 0 radical (unpaired) electrons. The van der Waals surface area contributed by atoms with E-state index >= 15 is 0 Å². The first kappa shape index (κ1) is 13.9. The summed E-state index contributed by atoms with van der Waals surface area (Å²) in [7, 11) is 0. The Morgan fingerprint density at radius 1 is 1.28 bits per heavy atom. The molecule has 0 aromatic rings. The van der Waals surface area contributed by atoms with E-state index in [4.69, 9.17) is 4.74 Å². The first-order valence-electron chi connectivity index (χ1n) is 7.13. The van der Waals surface area contributed by atoms with Gasteiger partial charge in [0.1, 0.15) is 11.5 Å². The van der Waals surface area contributed by atoms with Crippen LogP contribution in [0.2, 0.25) is 0 Å². The fourth-order valence-electron chi connectivity index (χ4n) is 2.80. The summed E-state index contributed by atoms with van der Waals surface area (Å²) in [6, 6.07) is 0. The van der Waals surface area contributed by atoms with E-state index in [1.807, 2.05) is 6.92 Å². The zero-order chi connectivity index (χ0) is 13.3. The lowest BCUT2D eigenvalue weighted by Crippen LogP contribution is -2.21. The van der Waals surface area contributed by atoms with Crippen molar-refractivity contribution in [2.45, 2.75) is 59.0 Å². The van der Waals surface area contributed by atoms with E-state index in [-0.39, 0.29) is 24.0 Å². The van der Waals surface area contributed by atoms with Gasteiger partial charge >= 0.3 is 0 Å². The van der Waals surface area contributed by atoms with Crippen LogP contribution >= 0.6 is 0 Å². The van der Waals surface area contributed by atoms with Gasteiger partial charge in [-0.1, -0.05) is 20.8 Å². The maximum absolute atomic E-state index is 10.2. The Hall–Kier alpha value is -0.540. The Morgan fingerprint density at radius 3 is 2.61 bits per heavy atom. The molecule has 3 heteroatoms. The third-order valence-corrected chi connectivity index (χ3v) is 4.54. The molecule has 1 heterocycles. The first-order valence-corrected chi connectivity index (χ1v) is 7.13. The third-order valence-electron chi connectivity index (χ3n) is 4.54. The summed E-state index contributed by atoms with van der Waals surface area (Å²) < 4.78 is 5.52. The van der Waals surface area contributed by atoms with Gasteiger partial charge in [0, 0.05) is 18.9 Å². The van der Waals surface area contributed by atoms with Crippen molar-refractivity contribution in [2.24, 2.45) is 17.3 Å². The van der Waals surface area contributed by atoms with Crippen molar-refractivity contribution < 1.29 is 14.9 Å². The van der Waals surface area contributed by atoms with Gasteiger partial charge in [-0.05, 0) is 37.0 Å². The topological polar surface area (TPSA) is 53.0 Å². The molecule has 0 aromatic heterocycles. The average molecular weight is 254 g/mol. The van der Waals surface area contributed by atoms with Gasteiger partial charge in [-0.25, -0.2) is 0 Å². The van der Waals surface area contributed by atoms with Crippen LogP contribution in [0.15, 0.2) is 11.5 Å². The molecule has 0 saturated carbocycles. The predicted octanol–water partition coefficient (Wildman–Crippen LogP) is 2.82. The maximum Gasteiger partial charge on any atom is 0.147 e. The Balaban J connectivity index is 2.09. The number of ether oxygens (including phenoxy) is 1. The van der Waals surface area contributed by atoms with E-state index in [0.717, 1.165) is 43.6 Å². The molecule has 2 rings (SSSR count). The van der Waals surface area contributed by atoms with Crippen molar-refractivity contribution in [3.63, 3.8) is 0 Å². The van der Waals surface area contributed by atoms with Gasteiger partial charge in [-0.2, -0.15) is 0 Å². The molecule has 2 aliphatic rings. The molecule has 2 N–H and O–H groups in total. The highest BCUT2D eigenvalue weighted by Gasteiger charge is 2.37. The second-order valence-electron chi connectivity index (χ2n) is 6.74. The molecular weight excluding hydrogens is 228 g/mol. The van der Waals surface area contributed by atoms with Crippen molar-refractivity contribution in [2.75, 3.05) is 6.61 Å². The normalized spacial score (nSPS) is 36.4. The van der Waals surface area contributed by atoms with Gasteiger partial charge in [0.15, 0.2) is 0 Å². The predicted molar refractivity (Wildman–Crippen MR) is 70.7 cm³/mol. The van der Waals surface area contributed by atoms with Crippen LogP contribution in [-0.2, 0) is 4.74 Å². The van der Waals surface area contributed by atoms with Crippen molar-refractivity contribution in [3.8, 4) is 0 Å². The molecule has 0 amide bonds. The van der Waals surface area contributed by atoms with Crippen molar-refractivity contribution in [3.05, 3.63) is 11.5 Å². The molecule has 18 heavy (non-hydrogen) atoms. The number of hydrogen-bond donors (Lipinski definition) is 2. The number of rotatable bonds is 1. The summed E-state index contributed by atoms with van der Waals surface area (Å²) in [5, 5.41) is 19.6. The van der Waals surface area contributed by atoms with Crippen LogP contribution in [0.25, 0.3) is 0 Å². The minimum atomic E-state index is -0.303. The lowest BCUT2D eigenvalue weighted by atomic mass is 9.79. The fourth-order valence-corrected chi connectivity index (χ4v) is 2.80. The van der Waals surface area contributed by atoms with Crippen LogP contribution in [0.3, 0.4) is 0 Å². The summed E-state index contributed by atoms with van der Waals surface area (Å²) >= 11 is 0. The van der Waals surface area contributed by atoms with Crippen LogP contribution in [0.1, 0.15) is 52.9 Å². The van der Waals surface area contributed by atoms with Gasteiger partial charge in [-0.3, -0.25) is 0 Å². The lowest BCUT2D eigenvalue weighted by Gasteiger charge is -2.28. The van der Waals surface area contributed by atoms with Crippen molar-refractivity contribution in [1.82, 2.24) is 0 Å². The van der Waals surface area contributed by atoms with Crippen molar-refractivity contribution in [1.29, 1.82) is 0 Å². The molecule has 0 fully saturated rings. The molecule has 3 atom stereocenters. The van der Waals surface area contributed by atoms with E-state index in [1.165, 1.54) is 0 Å². The van der Waals surface area contributed by atoms with Crippen LogP contribution in [0, 0.1) is 17.3 Å². The number of aliphatic hydroxyl groups is 2. The van der Waals surface area contributed by atoms with Crippen LogP contribution < -0.4 is 0 Å². The molecule has 0 spiro atoms. The van der Waals surface area contributed by atoms with Crippen LogP contribution in [-0.4, -0.2) is 22.9 Å². The number of hydrogen-bond acceptors (Lipinski definition) is 3. The van der Waals surface area contributed by atoms with E-state index < -0.39 is 0 Å². The second-order valence-corrected chi connectivity index (χ2v) is 6.74. The second kappa shape index (κ2) is 5.22. The van der Waals surface area contributed by atoms with E-state index in [1.54, 1.807) is 0 Å². The molecule has 0 bridgehead atoms. The molecule has 1 aliphatic heterocycles. The molecule has 0 aromatic carbocycles. The number of allylic oxidation sites excluding steroid dienone is 1. The highest BCUT2D eigenvalue weighted by atomic mass is 16.6. The lowest BCUT2D eigenvalue weighted by molar-refractivity contribution is 0.0929. The van der Waals surface area contributed by atoms with Gasteiger partial charge in [0.05, 0.1) is 6.10 Å². The van der Waals surface area contributed by atoms with Gasteiger partial charge in [-0.15, -0.1) is 0 Å². The zero-order valence-electron chi connectivity index (χ0n) is 11.8. The monoisotopic (exact) mass is 254 g/mol. The maximum atomic E-state index is 10.2. The van der Waals surface area contributed by atoms with Gasteiger partial charge in [0.25, 0.3) is 0 Å². The Kier molecular flexibility index (Phi) is 4.02. The minimum Gasteiger partial charge on any atom is -0.459 e. The molecule has 0 saturated heterocycles. The summed E-state index contributed by atoms with van der Waals surface area (Å²) in [5.74, 6) is 2.40. The first-order chi connectivity index (χ1) is 8.43. The van der Waals surface area contributed by atoms with E-state index in [0.29, 0.717) is 5.92 Å². The molecule has 104 valence electrons. The summed E-state index contributed by atoms with van der Waals surface area (Å²) in [6.45, 7) is 6.78. The highest BCUT2D eigenvalue weighted by molar-refractivity contribution is 5.21. The molecule has 3 nitrogen and oxygen atoms in total. The Bertz CT molecular complexity index is 329. The zero-order valence-corrected chi connectivity index (χ0v) is 11.8. The third kappa shape index (κ3) is 3.27. The van der Waals surface area contributed by atoms with Gasteiger partial charge in [0.2, 0.25) is 0 Å². The van der Waals surface area contributed by atoms with E-state index in [2.05, 4.69) is 13.8 Å². The number of aliphatic hydroxyl groups excluding tert-OH is 2. The summed E-state index contributed by atoms with van der Waals surface area (Å²) in [5.41, 5.74) is 0.249. The quantitative estimate of drug-likeness (QED) is 0.756. The molecular formula is C15H26O3. The molecule has 3 unspecified atom stereocenters. The van der Waals surface area contributed by atoms with Crippen molar-refractivity contribution >= 4 is 0 Å². The van der Waals surface area contributed by atoms with Crippen LogP contribution in [0.4, 0.5) is 0 Å². The largest absolute Gasteiger partial charge is 0.459 e. The minimum absolute atomic E-state index is 0.105. The fraction of sp³-hybridized carbons (Fsp3) is 0.867. The highest BCUT2D eigenvalue weighted by Crippen LogP contribution is 2.43. The standard InChI is InChI=1S/C15H26O3/c1-10-12(17)5-7-15(2,3)6-4-11(9-16)8-13-14(10)18-13/h10-12,16-17H,4-9H2,1-3H3. The average Bonchev–Trinajstić information content (AvgIpc) is 3.09. The summed E-state index contributed by atoms with van der Waals surface area (Å²) in [6.07, 6.45) is 4.52. The van der Waals surface area contributed by atoms with Gasteiger partial charge < -0.3 is 14.9 Å². The molecule has 1 aliphatic carbocycles. The smallest absolute Gasteiger partial charge is 0.147 e. The Labute approximate surface area is 110 Å². The van der Waals surface area contributed by atoms with E-state index in [9.17, 15) is 10.2 Å².